The Labute approximate surface area is 116 Å². The molecule has 0 aliphatic rings. The molecule has 2 nitrogen and oxygen atoms in total. The molecule has 3 heteroatoms. The number of hydrogen-bond acceptors (Lipinski definition) is 2. The molecule has 18 heavy (non-hydrogen) atoms. The van der Waals surface area contributed by atoms with Crippen molar-refractivity contribution in [1.29, 1.82) is 0 Å². The molecule has 0 amide bonds. The Bertz CT molecular complexity index is 311. The van der Waals surface area contributed by atoms with Crippen LogP contribution in [0.2, 0.25) is 0 Å². The topological polar surface area (TPSA) is 37.3 Å². The lowest BCUT2D eigenvalue weighted by atomic mass is 10.2. The number of benzene rings is 1. The van der Waals surface area contributed by atoms with Crippen LogP contribution in [0.1, 0.15) is 45.2 Å². The van der Waals surface area contributed by atoms with Crippen LogP contribution in [0.5, 0.6) is 0 Å². The fourth-order valence-electron chi connectivity index (χ4n) is 1.15. The molecule has 0 atom stereocenters. The van der Waals surface area contributed by atoms with Crippen molar-refractivity contribution in [2.45, 2.75) is 46.8 Å². The maximum Gasteiger partial charge on any atom is 0.304 e. The van der Waals surface area contributed by atoms with Gasteiger partial charge < -0.3 is 5.11 Å². The molecule has 0 aliphatic heterocycles. The summed E-state index contributed by atoms with van der Waals surface area (Å²) in [5.74, 6) is 0.861. The van der Waals surface area contributed by atoms with Gasteiger partial charge in [-0.2, -0.15) is 11.8 Å². The van der Waals surface area contributed by atoms with Crippen LogP contribution >= 0.6 is 11.8 Å². The second-order valence-electron chi connectivity index (χ2n) is 3.19. The van der Waals surface area contributed by atoms with Crippen molar-refractivity contribution in [3.63, 3.8) is 0 Å². The molecular formula is C15H26O2S. The molecule has 0 saturated carbocycles. The minimum Gasteiger partial charge on any atom is -0.481 e. The maximum absolute atomic E-state index is 10.3. The van der Waals surface area contributed by atoms with Gasteiger partial charge in [0.05, 0.1) is 6.42 Å². The molecule has 104 valence electrons. The van der Waals surface area contributed by atoms with Crippen LogP contribution < -0.4 is 0 Å². The normalized spacial score (nSPS) is 8.50. The number of carboxylic acids is 1. The molecule has 0 fully saturated rings. The number of carboxylic acid groups (broad SMARTS) is 1. The van der Waals surface area contributed by atoms with Crippen LogP contribution in [0.25, 0.3) is 0 Å². The molecular weight excluding hydrogens is 244 g/mol. The zero-order chi connectivity index (χ0) is 14.4. The van der Waals surface area contributed by atoms with Crippen molar-refractivity contribution in [3.8, 4) is 0 Å². The predicted octanol–water partition coefficient (Wildman–Crippen LogP) is 4.76. The van der Waals surface area contributed by atoms with Crippen LogP contribution in [-0.2, 0) is 10.5 Å². The summed E-state index contributed by atoms with van der Waals surface area (Å²) in [6.45, 7) is 10.1. The predicted molar refractivity (Wildman–Crippen MR) is 82.3 cm³/mol. The molecule has 0 aliphatic carbocycles. The van der Waals surface area contributed by atoms with E-state index in [1.54, 1.807) is 11.8 Å². The monoisotopic (exact) mass is 270 g/mol. The molecule has 0 heterocycles. The van der Waals surface area contributed by atoms with Gasteiger partial charge in [0.2, 0.25) is 0 Å². The first-order valence-corrected chi connectivity index (χ1v) is 7.69. The third kappa shape index (κ3) is 11.5. The van der Waals surface area contributed by atoms with E-state index in [0.717, 1.165) is 5.75 Å². The zero-order valence-corrected chi connectivity index (χ0v) is 13.0. The molecule has 0 aromatic heterocycles. The molecule has 0 bridgehead atoms. The highest BCUT2D eigenvalue weighted by molar-refractivity contribution is 7.98. The highest BCUT2D eigenvalue weighted by atomic mass is 32.2. The molecule has 1 N–H and O–H groups in total. The first-order chi connectivity index (χ1) is 8.68. The third-order valence-electron chi connectivity index (χ3n) is 1.81. The second-order valence-corrected chi connectivity index (χ2v) is 4.29. The van der Waals surface area contributed by atoms with Crippen LogP contribution in [0.4, 0.5) is 0 Å². The largest absolute Gasteiger partial charge is 0.481 e. The minimum atomic E-state index is -0.721. The quantitative estimate of drug-likeness (QED) is 0.784. The number of aliphatic carboxylic acids is 1. The Balaban J connectivity index is 0. The minimum absolute atomic E-state index is 0.247. The summed E-state index contributed by atoms with van der Waals surface area (Å²) in [7, 11) is 0. The van der Waals surface area contributed by atoms with Crippen molar-refractivity contribution < 1.29 is 9.90 Å². The fraction of sp³-hybridized carbons (Fsp3) is 0.533. The van der Waals surface area contributed by atoms with Gasteiger partial charge in [-0.15, -0.1) is 0 Å². The van der Waals surface area contributed by atoms with E-state index in [2.05, 4.69) is 25.1 Å². The Morgan fingerprint density at radius 1 is 1.22 bits per heavy atom. The van der Waals surface area contributed by atoms with Gasteiger partial charge in [-0.05, 0) is 12.5 Å². The molecule has 1 rings (SSSR count). The van der Waals surface area contributed by atoms with Crippen molar-refractivity contribution in [3.05, 3.63) is 35.4 Å². The number of rotatable bonds is 5. The van der Waals surface area contributed by atoms with Crippen LogP contribution in [-0.4, -0.2) is 16.8 Å². The molecule has 1 aromatic rings. The van der Waals surface area contributed by atoms with E-state index in [9.17, 15) is 4.79 Å². The third-order valence-corrected chi connectivity index (χ3v) is 2.84. The van der Waals surface area contributed by atoms with Gasteiger partial charge >= 0.3 is 5.97 Å². The SMILES string of the molecule is CC.CC.Cc1cccc(CSCCC(=O)O)c1. The van der Waals surface area contributed by atoms with Gasteiger partial charge in [-0.25, -0.2) is 0 Å². The standard InChI is InChI=1S/C11H14O2S.2C2H6/c1-9-3-2-4-10(7-9)8-14-6-5-11(12)13;2*1-2/h2-4,7H,5-6,8H2,1H3,(H,12,13);2*1-2H3. The summed E-state index contributed by atoms with van der Waals surface area (Å²) < 4.78 is 0. The van der Waals surface area contributed by atoms with Crippen molar-refractivity contribution in [2.75, 3.05) is 5.75 Å². The lowest BCUT2D eigenvalue weighted by Gasteiger charge is -2.01. The van der Waals surface area contributed by atoms with Crippen molar-refractivity contribution >= 4 is 17.7 Å². The summed E-state index contributed by atoms with van der Waals surface area (Å²) >= 11 is 1.66. The fourth-order valence-corrected chi connectivity index (χ4v) is 2.03. The second kappa shape index (κ2) is 14.1. The first kappa shape index (κ1) is 19.4. The van der Waals surface area contributed by atoms with Gasteiger partial charge in [-0.1, -0.05) is 57.5 Å². The van der Waals surface area contributed by atoms with E-state index in [1.165, 1.54) is 11.1 Å². The van der Waals surface area contributed by atoms with Gasteiger partial charge in [0.15, 0.2) is 0 Å². The van der Waals surface area contributed by atoms with Crippen molar-refractivity contribution in [2.24, 2.45) is 0 Å². The Morgan fingerprint density at radius 2 is 1.83 bits per heavy atom. The van der Waals surface area contributed by atoms with Crippen molar-refractivity contribution in [1.82, 2.24) is 0 Å². The van der Waals surface area contributed by atoms with E-state index in [-0.39, 0.29) is 6.42 Å². The number of thioether (sulfide) groups is 1. The van der Waals surface area contributed by atoms with E-state index in [4.69, 9.17) is 5.11 Å². The number of carbonyl (C=O) groups is 1. The summed E-state index contributed by atoms with van der Waals surface area (Å²) in [6, 6.07) is 8.29. The zero-order valence-electron chi connectivity index (χ0n) is 12.2. The highest BCUT2D eigenvalue weighted by Crippen LogP contribution is 2.14. The Kier molecular flexibility index (Phi) is 15.2. The van der Waals surface area contributed by atoms with E-state index in [0.29, 0.717) is 5.75 Å². The van der Waals surface area contributed by atoms with Gasteiger partial charge in [0.1, 0.15) is 0 Å². The van der Waals surface area contributed by atoms with E-state index < -0.39 is 5.97 Å². The Hall–Kier alpha value is -0.960. The van der Waals surface area contributed by atoms with E-state index >= 15 is 0 Å². The lowest BCUT2D eigenvalue weighted by molar-refractivity contribution is -0.136. The van der Waals surface area contributed by atoms with E-state index in [1.807, 2.05) is 33.8 Å². The smallest absolute Gasteiger partial charge is 0.304 e. The van der Waals surface area contributed by atoms with Crippen LogP contribution in [0.15, 0.2) is 24.3 Å². The molecule has 0 saturated heterocycles. The van der Waals surface area contributed by atoms with Gasteiger partial charge in [0.25, 0.3) is 0 Å². The lowest BCUT2D eigenvalue weighted by Crippen LogP contribution is -1.96. The number of aryl methyl sites for hydroxylation is 1. The first-order valence-electron chi connectivity index (χ1n) is 6.53. The molecule has 0 spiro atoms. The molecule has 0 unspecified atom stereocenters. The van der Waals surface area contributed by atoms with Gasteiger partial charge in [-0.3, -0.25) is 4.79 Å². The Morgan fingerprint density at radius 3 is 2.33 bits per heavy atom. The molecule has 0 radical (unpaired) electrons. The van der Waals surface area contributed by atoms with Crippen LogP contribution in [0, 0.1) is 6.92 Å². The average Bonchev–Trinajstić information content (AvgIpc) is 2.39. The average molecular weight is 270 g/mol. The summed E-state index contributed by atoms with van der Waals surface area (Å²) in [6.07, 6.45) is 0.247. The summed E-state index contributed by atoms with van der Waals surface area (Å²) in [5, 5.41) is 8.44. The maximum atomic E-state index is 10.3. The highest BCUT2D eigenvalue weighted by Gasteiger charge is 1.97. The number of hydrogen-bond donors (Lipinski definition) is 1. The van der Waals surface area contributed by atoms with Gasteiger partial charge in [0, 0.05) is 11.5 Å². The summed E-state index contributed by atoms with van der Waals surface area (Å²) in [4.78, 5) is 10.3. The summed E-state index contributed by atoms with van der Waals surface area (Å²) in [5.41, 5.74) is 2.52. The molecule has 1 aromatic carbocycles. The van der Waals surface area contributed by atoms with Crippen LogP contribution in [0.3, 0.4) is 0 Å².